The van der Waals surface area contributed by atoms with Gasteiger partial charge in [0.2, 0.25) is 5.78 Å². The summed E-state index contributed by atoms with van der Waals surface area (Å²) in [6.07, 6.45) is 4.85. The van der Waals surface area contributed by atoms with Gasteiger partial charge in [-0.05, 0) is 53.6 Å². The standard InChI is InChI=1S/C24H18ClN3O3/c1-28-21-8-7-17(23(30)27-14-16-5-3-9-26-13-16)12-19(21)22(29)20(24(28)31)11-15-4-2-6-18(25)10-15/h2-13H,14H2,1H3,(H,27,30)/b20-11+. The van der Waals surface area contributed by atoms with Crippen LogP contribution in [0.2, 0.25) is 5.02 Å². The highest BCUT2D eigenvalue weighted by atomic mass is 35.5. The van der Waals surface area contributed by atoms with E-state index in [-0.39, 0.29) is 11.5 Å². The predicted molar refractivity (Wildman–Crippen MR) is 119 cm³/mol. The van der Waals surface area contributed by atoms with Gasteiger partial charge < -0.3 is 10.2 Å². The van der Waals surface area contributed by atoms with E-state index in [4.69, 9.17) is 11.6 Å². The molecule has 1 aliphatic rings. The Morgan fingerprint density at radius 1 is 1.13 bits per heavy atom. The molecule has 0 radical (unpaired) electrons. The number of aromatic nitrogens is 1. The Kier molecular flexibility index (Phi) is 5.64. The minimum absolute atomic E-state index is 0.0187. The van der Waals surface area contributed by atoms with Crippen LogP contribution in [-0.2, 0) is 11.3 Å². The van der Waals surface area contributed by atoms with Crippen molar-refractivity contribution in [1.82, 2.24) is 10.3 Å². The van der Waals surface area contributed by atoms with Crippen molar-refractivity contribution < 1.29 is 14.4 Å². The number of pyridine rings is 1. The molecule has 3 aromatic rings. The van der Waals surface area contributed by atoms with Gasteiger partial charge in [0, 0.05) is 42.1 Å². The van der Waals surface area contributed by atoms with E-state index in [1.165, 1.54) is 17.0 Å². The summed E-state index contributed by atoms with van der Waals surface area (Å²) in [6.45, 7) is 0.315. The van der Waals surface area contributed by atoms with Gasteiger partial charge in [-0.15, -0.1) is 0 Å². The van der Waals surface area contributed by atoms with E-state index in [1.54, 1.807) is 61.9 Å². The van der Waals surface area contributed by atoms with Crippen molar-refractivity contribution in [1.29, 1.82) is 0 Å². The van der Waals surface area contributed by atoms with E-state index < -0.39 is 11.7 Å². The third-order valence-electron chi connectivity index (χ3n) is 4.98. The average molecular weight is 432 g/mol. The third-order valence-corrected chi connectivity index (χ3v) is 5.22. The number of hydrogen-bond donors (Lipinski definition) is 1. The van der Waals surface area contributed by atoms with E-state index in [0.29, 0.717) is 33.9 Å². The molecule has 0 saturated heterocycles. The molecule has 0 fully saturated rings. The summed E-state index contributed by atoms with van der Waals surface area (Å²) >= 11 is 6.02. The predicted octanol–water partition coefficient (Wildman–Crippen LogP) is 3.91. The molecule has 1 aromatic heterocycles. The zero-order chi connectivity index (χ0) is 22.0. The summed E-state index contributed by atoms with van der Waals surface area (Å²) < 4.78 is 0. The number of amides is 2. The first-order valence-corrected chi connectivity index (χ1v) is 9.93. The highest BCUT2D eigenvalue weighted by Crippen LogP contribution is 2.31. The lowest BCUT2D eigenvalue weighted by atomic mass is 9.92. The number of fused-ring (bicyclic) bond motifs is 1. The number of hydrogen-bond acceptors (Lipinski definition) is 4. The smallest absolute Gasteiger partial charge is 0.262 e. The number of likely N-dealkylation sites (N-methyl/N-ethyl adjacent to an activating group) is 1. The molecule has 0 unspecified atom stereocenters. The van der Waals surface area contributed by atoms with Gasteiger partial charge in [0.25, 0.3) is 11.8 Å². The van der Waals surface area contributed by atoms with Gasteiger partial charge in [-0.2, -0.15) is 0 Å². The number of nitrogens with one attached hydrogen (secondary N) is 1. The number of anilines is 1. The lowest BCUT2D eigenvalue weighted by Crippen LogP contribution is -2.37. The molecule has 0 atom stereocenters. The molecule has 1 aliphatic heterocycles. The molecular weight excluding hydrogens is 414 g/mol. The fourth-order valence-electron chi connectivity index (χ4n) is 3.36. The van der Waals surface area contributed by atoms with E-state index in [0.717, 1.165) is 5.56 Å². The Morgan fingerprint density at radius 2 is 1.97 bits per heavy atom. The van der Waals surface area contributed by atoms with Crippen molar-refractivity contribution in [3.8, 4) is 0 Å². The van der Waals surface area contributed by atoms with E-state index >= 15 is 0 Å². The Morgan fingerprint density at radius 3 is 2.71 bits per heavy atom. The van der Waals surface area contributed by atoms with Crippen LogP contribution in [0.4, 0.5) is 5.69 Å². The summed E-state index contributed by atoms with van der Waals surface area (Å²) in [5.74, 6) is -1.16. The number of halogens is 1. The lowest BCUT2D eigenvalue weighted by Gasteiger charge is -2.27. The number of carbonyl (C=O) groups is 3. The normalized spacial score (nSPS) is 14.5. The van der Waals surface area contributed by atoms with Crippen molar-refractivity contribution >= 4 is 41.0 Å². The highest BCUT2D eigenvalue weighted by Gasteiger charge is 2.33. The molecule has 2 amide bonds. The quantitative estimate of drug-likeness (QED) is 0.501. The van der Waals surface area contributed by atoms with Crippen LogP contribution in [0.3, 0.4) is 0 Å². The molecule has 0 spiro atoms. The largest absolute Gasteiger partial charge is 0.348 e. The van der Waals surface area contributed by atoms with Gasteiger partial charge in [0.05, 0.1) is 11.3 Å². The molecule has 7 heteroatoms. The molecule has 1 N–H and O–H groups in total. The van der Waals surface area contributed by atoms with Gasteiger partial charge in [-0.3, -0.25) is 19.4 Å². The molecule has 0 aliphatic carbocycles. The summed E-state index contributed by atoms with van der Waals surface area (Å²) in [5.41, 5.74) is 2.62. The molecule has 2 aromatic carbocycles. The van der Waals surface area contributed by atoms with Gasteiger partial charge >= 0.3 is 0 Å². The van der Waals surface area contributed by atoms with Gasteiger partial charge in [0.1, 0.15) is 0 Å². The molecule has 0 saturated carbocycles. The van der Waals surface area contributed by atoms with Crippen LogP contribution in [0.15, 0.2) is 72.6 Å². The van der Waals surface area contributed by atoms with Crippen molar-refractivity contribution in [2.24, 2.45) is 0 Å². The minimum Gasteiger partial charge on any atom is -0.348 e. The maximum Gasteiger partial charge on any atom is 0.262 e. The van der Waals surface area contributed by atoms with Gasteiger partial charge in [-0.25, -0.2) is 0 Å². The second-order valence-corrected chi connectivity index (χ2v) is 7.52. The van der Waals surface area contributed by atoms with Gasteiger partial charge in [-0.1, -0.05) is 29.8 Å². The first-order chi connectivity index (χ1) is 14.9. The Hall–Kier alpha value is -3.77. The first kappa shape index (κ1) is 20.5. The first-order valence-electron chi connectivity index (χ1n) is 9.55. The Labute approximate surface area is 184 Å². The van der Waals surface area contributed by atoms with E-state index in [9.17, 15) is 14.4 Å². The maximum absolute atomic E-state index is 13.1. The van der Waals surface area contributed by atoms with Crippen molar-refractivity contribution in [3.63, 3.8) is 0 Å². The van der Waals surface area contributed by atoms with Crippen LogP contribution in [0.1, 0.15) is 31.8 Å². The van der Waals surface area contributed by atoms with Crippen molar-refractivity contribution in [2.45, 2.75) is 6.54 Å². The number of carbonyl (C=O) groups excluding carboxylic acids is 3. The molecule has 6 nitrogen and oxygen atoms in total. The van der Waals surface area contributed by atoms with E-state index in [1.807, 2.05) is 6.07 Å². The van der Waals surface area contributed by atoms with Crippen molar-refractivity contribution in [2.75, 3.05) is 11.9 Å². The van der Waals surface area contributed by atoms with E-state index in [2.05, 4.69) is 10.3 Å². The summed E-state index contributed by atoms with van der Waals surface area (Å²) in [6, 6.07) is 15.3. The zero-order valence-corrected chi connectivity index (χ0v) is 17.4. The Balaban J connectivity index is 1.63. The maximum atomic E-state index is 13.1. The number of rotatable bonds is 4. The van der Waals surface area contributed by atoms with Crippen LogP contribution in [0.25, 0.3) is 6.08 Å². The molecule has 0 bridgehead atoms. The summed E-state index contributed by atoms with van der Waals surface area (Å²) in [4.78, 5) is 44.0. The SMILES string of the molecule is CN1C(=O)/C(=C/c2cccc(Cl)c2)C(=O)c2cc(C(=O)NCc3cccnc3)ccc21. The average Bonchev–Trinajstić information content (AvgIpc) is 2.79. The molecule has 154 valence electrons. The monoisotopic (exact) mass is 431 g/mol. The molecule has 31 heavy (non-hydrogen) atoms. The summed E-state index contributed by atoms with van der Waals surface area (Å²) in [5, 5.41) is 3.32. The fraction of sp³-hybridized carbons (Fsp3) is 0.0833. The number of benzene rings is 2. The zero-order valence-electron chi connectivity index (χ0n) is 16.6. The van der Waals surface area contributed by atoms with Crippen molar-refractivity contribution in [3.05, 3.63) is 99.8 Å². The second-order valence-electron chi connectivity index (χ2n) is 7.08. The van der Waals surface area contributed by atoms with Crippen LogP contribution in [0.5, 0.6) is 0 Å². The van der Waals surface area contributed by atoms with Crippen LogP contribution in [-0.4, -0.2) is 29.6 Å². The van der Waals surface area contributed by atoms with Crippen LogP contribution in [0, 0.1) is 0 Å². The Bertz CT molecular complexity index is 1220. The number of Topliss-reactive ketones (excluding diaryl/α,β-unsaturated/α-hetero) is 1. The van der Waals surface area contributed by atoms with Gasteiger partial charge in [0.15, 0.2) is 0 Å². The molecule has 4 rings (SSSR count). The summed E-state index contributed by atoms with van der Waals surface area (Å²) in [7, 11) is 1.60. The van der Waals surface area contributed by atoms with Crippen LogP contribution < -0.4 is 10.2 Å². The second kappa shape index (κ2) is 8.53. The molecular formula is C24H18ClN3O3. The highest BCUT2D eigenvalue weighted by molar-refractivity contribution is 6.37. The number of nitrogens with zero attached hydrogens (tertiary/aromatic N) is 2. The fourth-order valence-corrected chi connectivity index (χ4v) is 3.56. The lowest BCUT2D eigenvalue weighted by molar-refractivity contribution is -0.114. The molecule has 2 heterocycles. The topological polar surface area (TPSA) is 79.4 Å². The minimum atomic E-state index is -0.431. The van der Waals surface area contributed by atoms with Crippen LogP contribution >= 0.6 is 11.6 Å². The number of ketones is 1. The third kappa shape index (κ3) is 4.25.